The standard InChI is InChI=1S/C18H23N3O/c19-10-8-14-6-4-13(5-7-14)2-1-3-15-16(20)12-21-17-9-11-22-18(15)17/h9,11-14H,1-8,20H2/t13-,14-. The molecule has 3 rings (SSSR count). The van der Waals surface area contributed by atoms with Gasteiger partial charge in [-0.15, -0.1) is 0 Å². The summed E-state index contributed by atoms with van der Waals surface area (Å²) in [6, 6.07) is 4.19. The highest BCUT2D eigenvalue weighted by Gasteiger charge is 2.21. The first kappa shape index (κ1) is 14.9. The molecule has 1 fully saturated rings. The van der Waals surface area contributed by atoms with Crippen LogP contribution in [0, 0.1) is 23.2 Å². The van der Waals surface area contributed by atoms with Crippen LogP contribution < -0.4 is 5.73 Å². The lowest BCUT2D eigenvalue weighted by molar-refractivity contribution is 0.263. The summed E-state index contributed by atoms with van der Waals surface area (Å²) in [5.41, 5.74) is 9.64. The molecule has 1 aliphatic rings. The van der Waals surface area contributed by atoms with E-state index in [0.717, 1.165) is 47.5 Å². The van der Waals surface area contributed by atoms with Gasteiger partial charge in [0.05, 0.1) is 24.2 Å². The highest BCUT2D eigenvalue weighted by Crippen LogP contribution is 2.34. The van der Waals surface area contributed by atoms with Gasteiger partial charge in [-0.3, -0.25) is 4.98 Å². The molecule has 0 atom stereocenters. The molecule has 0 bridgehead atoms. The van der Waals surface area contributed by atoms with Gasteiger partial charge in [-0.05, 0) is 37.5 Å². The van der Waals surface area contributed by atoms with Gasteiger partial charge >= 0.3 is 0 Å². The third-order valence-electron chi connectivity index (χ3n) is 5.00. The first-order valence-electron chi connectivity index (χ1n) is 8.25. The van der Waals surface area contributed by atoms with E-state index in [1.54, 1.807) is 12.5 Å². The Morgan fingerprint density at radius 1 is 1.27 bits per heavy atom. The highest BCUT2D eigenvalue weighted by atomic mass is 16.3. The van der Waals surface area contributed by atoms with Gasteiger partial charge in [0.15, 0.2) is 5.58 Å². The zero-order valence-electron chi connectivity index (χ0n) is 12.9. The lowest BCUT2D eigenvalue weighted by Gasteiger charge is -2.27. The second kappa shape index (κ2) is 6.83. The average molecular weight is 297 g/mol. The second-order valence-electron chi connectivity index (χ2n) is 6.47. The summed E-state index contributed by atoms with van der Waals surface area (Å²) in [5.74, 6) is 1.45. The number of aromatic nitrogens is 1. The van der Waals surface area contributed by atoms with Crippen LogP contribution in [0.2, 0.25) is 0 Å². The monoisotopic (exact) mass is 297 g/mol. The molecule has 2 aromatic heterocycles. The van der Waals surface area contributed by atoms with Crippen LogP contribution in [-0.4, -0.2) is 4.98 Å². The van der Waals surface area contributed by atoms with Crippen molar-refractivity contribution in [3.8, 4) is 6.07 Å². The van der Waals surface area contributed by atoms with Crippen LogP contribution in [0.15, 0.2) is 22.9 Å². The maximum absolute atomic E-state index is 8.77. The van der Waals surface area contributed by atoms with Crippen LogP contribution in [-0.2, 0) is 6.42 Å². The van der Waals surface area contributed by atoms with Crippen molar-refractivity contribution in [3.05, 3.63) is 24.1 Å². The van der Waals surface area contributed by atoms with Gasteiger partial charge < -0.3 is 10.2 Å². The van der Waals surface area contributed by atoms with E-state index in [2.05, 4.69) is 11.1 Å². The van der Waals surface area contributed by atoms with Crippen molar-refractivity contribution in [1.82, 2.24) is 4.98 Å². The lowest BCUT2D eigenvalue weighted by atomic mass is 9.78. The summed E-state index contributed by atoms with van der Waals surface area (Å²) in [6.45, 7) is 0. The van der Waals surface area contributed by atoms with E-state index in [-0.39, 0.29) is 0 Å². The first-order chi connectivity index (χ1) is 10.8. The number of hydrogen-bond acceptors (Lipinski definition) is 4. The Hall–Kier alpha value is -2.02. The van der Waals surface area contributed by atoms with Gasteiger partial charge in [0, 0.05) is 18.1 Å². The third-order valence-corrected chi connectivity index (χ3v) is 5.00. The molecule has 116 valence electrons. The van der Waals surface area contributed by atoms with E-state index in [4.69, 9.17) is 15.4 Å². The Morgan fingerprint density at radius 2 is 2.05 bits per heavy atom. The van der Waals surface area contributed by atoms with Crippen molar-refractivity contribution in [2.75, 3.05) is 5.73 Å². The summed E-state index contributed by atoms with van der Waals surface area (Å²) < 4.78 is 5.54. The molecule has 0 amide bonds. The number of nitrogen functional groups attached to an aromatic ring is 1. The normalized spacial score (nSPS) is 21.8. The minimum Gasteiger partial charge on any atom is -0.462 e. The summed E-state index contributed by atoms with van der Waals surface area (Å²) >= 11 is 0. The van der Waals surface area contributed by atoms with Crippen molar-refractivity contribution in [1.29, 1.82) is 5.26 Å². The maximum Gasteiger partial charge on any atom is 0.157 e. The van der Waals surface area contributed by atoms with Crippen LogP contribution in [0.5, 0.6) is 0 Å². The minimum atomic E-state index is 0.639. The molecule has 0 radical (unpaired) electrons. The second-order valence-corrected chi connectivity index (χ2v) is 6.47. The number of anilines is 1. The molecule has 4 nitrogen and oxygen atoms in total. The summed E-state index contributed by atoms with van der Waals surface area (Å²) in [4.78, 5) is 4.28. The number of furan rings is 1. The zero-order valence-corrected chi connectivity index (χ0v) is 12.9. The largest absolute Gasteiger partial charge is 0.462 e. The average Bonchev–Trinajstić information content (AvgIpc) is 3.00. The number of rotatable bonds is 5. The van der Waals surface area contributed by atoms with E-state index in [0.29, 0.717) is 5.92 Å². The molecule has 4 heteroatoms. The Labute approximate surface area is 131 Å². The number of aryl methyl sites for hydroxylation is 1. The molecule has 22 heavy (non-hydrogen) atoms. The quantitative estimate of drug-likeness (QED) is 0.884. The summed E-state index contributed by atoms with van der Waals surface area (Å²) in [6.07, 6.45) is 12.5. The van der Waals surface area contributed by atoms with Crippen LogP contribution in [0.25, 0.3) is 11.1 Å². The molecule has 2 N–H and O–H groups in total. The number of nitriles is 1. The number of pyridine rings is 1. The topological polar surface area (TPSA) is 75.8 Å². The zero-order chi connectivity index (χ0) is 15.4. The van der Waals surface area contributed by atoms with E-state index in [1.165, 1.54) is 32.1 Å². The smallest absolute Gasteiger partial charge is 0.157 e. The molecule has 0 unspecified atom stereocenters. The van der Waals surface area contributed by atoms with Crippen molar-refractivity contribution < 1.29 is 4.42 Å². The Morgan fingerprint density at radius 3 is 2.82 bits per heavy atom. The molecule has 2 heterocycles. The fraction of sp³-hybridized carbons (Fsp3) is 0.556. The van der Waals surface area contributed by atoms with Crippen LogP contribution in [0.3, 0.4) is 0 Å². The van der Waals surface area contributed by atoms with Gasteiger partial charge in [0.1, 0.15) is 5.52 Å². The minimum absolute atomic E-state index is 0.639. The number of hydrogen-bond donors (Lipinski definition) is 1. The van der Waals surface area contributed by atoms with Crippen molar-refractivity contribution in [3.63, 3.8) is 0 Å². The van der Waals surface area contributed by atoms with Gasteiger partial charge in [0.25, 0.3) is 0 Å². The Kier molecular flexibility index (Phi) is 4.62. The van der Waals surface area contributed by atoms with Crippen molar-refractivity contribution >= 4 is 16.8 Å². The molecule has 0 spiro atoms. The molecule has 2 aromatic rings. The van der Waals surface area contributed by atoms with Crippen molar-refractivity contribution in [2.45, 2.75) is 51.4 Å². The molecule has 1 aliphatic carbocycles. The third kappa shape index (κ3) is 3.24. The van der Waals surface area contributed by atoms with Gasteiger partial charge in [-0.2, -0.15) is 5.26 Å². The van der Waals surface area contributed by atoms with Gasteiger partial charge in [-0.25, -0.2) is 0 Å². The van der Waals surface area contributed by atoms with E-state index in [1.807, 2.05) is 6.07 Å². The summed E-state index contributed by atoms with van der Waals surface area (Å²) in [5, 5.41) is 8.77. The predicted octanol–water partition coefficient (Wildman–Crippen LogP) is 4.45. The van der Waals surface area contributed by atoms with E-state index < -0.39 is 0 Å². The maximum atomic E-state index is 8.77. The van der Waals surface area contributed by atoms with Crippen LogP contribution in [0.4, 0.5) is 5.69 Å². The number of fused-ring (bicyclic) bond motifs is 1. The van der Waals surface area contributed by atoms with Crippen LogP contribution in [0.1, 0.15) is 50.5 Å². The Bertz CT molecular complexity index is 663. The molecule has 1 saturated carbocycles. The van der Waals surface area contributed by atoms with Gasteiger partial charge in [-0.1, -0.05) is 19.3 Å². The highest BCUT2D eigenvalue weighted by molar-refractivity contribution is 5.80. The van der Waals surface area contributed by atoms with E-state index in [9.17, 15) is 0 Å². The molecule has 0 saturated heterocycles. The molecular formula is C18H23N3O. The molecule has 0 aromatic carbocycles. The SMILES string of the molecule is N#CC[C@H]1CC[C@H](CCCc2c(N)cnc3ccoc23)CC1. The van der Waals surface area contributed by atoms with Gasteiger partial charge in [0.2, 0.25) is 0 Å². The Balaban J connectivity index is 1.52. The molecular weight excluding hydrogens is 274 g/mol. The first-order valence-corrected chi connectivity index (χ1v) is 8.25. The number of nitrogens with zero attached hydrogens (tertiary/aromatic N) is 2. The summed E-state index contributed by atoms with van der Waals surface area (Å²) in [7, 11) is 0. The fourth-order valence-electron chi connectivity index (χ4n) is 3.66. The fourth-order valence-corrected chi connectivity index (χ4v) is 3.66. The predicted molar refractivity (Wildman–Crippen MR) is 87.0 cm³/mol. The van der Waals surface area contributed by atoms with E-state index >= 15 is 0 Å². The lowest BCUT2D eigenvalue weighted by Crippen LogP contribution is -2.14. The van der Waals surface area contributed by atoms with Crippen LogP contribution >= 0.6 is 0 Å². The molecule has 0 aliphatic heterocycles. The number of nitrogens with two attached hydrogens (primary N) is 1. The van der Waals surface area contributed by atoms with Crippen molar-refractivity contribution in [2.24, 2.45) is 11.8 Å².